The fraction of sp³-hybridized carbons (Fsp3) is 0.714. The zero-order valence-corrected chi connectivity index (χ0v) is 11.7. The molecule has 0 aliphatic heterocycles. The van der Waals surface area contributed by atoms with Crippen LogP contribution in [0.3, 0.4) is 0 Å². The van der Waals surface area contributed by atoms with Gasteiger partial charge in [0, 0.05) is 24.1 Å². The number of allylic oxidation sites excluding steroid dienone is 2. The molecular formula is C14H23NO2. The van der Waals surface area contributed by atoms with Crippen molar-refractivity contribution in [3.63, 3.8) is 0 Å². The second-order valence-corrected chi connectivity index (χ2v) is 6.74. The largest absolute Gasteiger partial charge is 0.383 e. The maximum absolute atomic E-state index is 12.0. The minimum Gasteiger partial charge on any atom is -0.383 e. The predicted molar refractivity (Wildman–Crippen MR) is 68.6 cm³/mol. The van der Waals surface area contributed by atoms with Crippen molar-refractivity contribution in [2.45, 2.75) is 59.9 Å². The molecule has 1 N–H and O–H groups in total. The van der Waals surface area contributed by atoms with Crippen LogP contribution in [0.5, 0.6) is 0 Å². The maximum Gasteiger partial charge on any atom is 0.168 e. The molecule has 0 unspecified atom stereocenters. The van der Waals surface area contributed by atoms with Crippen LogP contribution in [0.25, 0.3) is 0 Å². The van der Waals surface area contributed by atoms with E-state index in [1.807, 2.05) is 41.5 Å². The first-order valence-electron chi connectivity index (χ1n) is 6.07. The summed E-state index contributed by atoms with van der Waals surface area (Å²) in [5.74, 6) is -0.0546. The minimum atomic E-state index is -0.195. The van der Waals surface area contributed by atoms with Crippen LogP contribution in [-0.2, 0) is 9.59 Å². The van der Waals surface area contributed by atoms with Crippen LogP contribution in [0.4, 0.5) is 0 Å². The van der Waals surface area contributed by atoms with Crippen molar-refractivity contribution in [2.24, 2.45) is 5.41 Å². The molecule has 1 aliphatic carbocycles. The van der Waals surface area contributed by atoms with Gasteiger partial charge in [-0.05, 0) is 33.1 Å². The summed E-state index contributed by atoms with van der Waals surface area (Å²) in [5, 5.41) is 3.21. The second-order valence-electron chi connectivity index (χ2n) is 6.74. The van der Waals surface area contributed by atoms with Crippen molar-refractivity contribution in [1.82, 2.24) is 5.32 Å². The van der Waals surface area contributed by atoms with Gasteiger partial charge in [-0.2, -0.15) is 0 Å². The third kappa shape index (κ3) is 3.69. The lowest BCUT2D eigenvalue weighted by atomic mass is 9.73. The number of ketones is 2. The van der Waals surface area contributed by atoms with Gasteiger partial charge in [0.2, 0.25) is 0 Å². The molecule has 1 fully saturated rings. The summed E-state index contributed by atoms with van der Waals surface area (Å²) in [6.07, 6.45) is 0.911. The summed E-state index contributed by atoms with van der Waals surface area (Å²) >= 11 is 0. The first-order valence-corrected chi connectivity index (χ1v) is 6.07. The quantitative estimate of drug-likeness (QED) is 0.563. The van der Waals surface area contributed by atoms with Gasteiger partial charge in [0.05, 0.1) is 5.57 Å². The fourth-order valence-corrected chi connectivity index (χ4v) is 2.31. The summed E-state index contributed by atoms with van der Waals surface area (Å²) in [4.78, 5) is 24.1. The van der Waals surface area contributed by atoms with Gasteiger partial charge in [0.25, 0.3) is 0 Å². The molecular weight excluding hydrogens is 214 g/mol. The first kappa shape index (κ1) is 13.9. The van der Waals surface area contributed by atoms with Gasteiger partial charge in [-0.3, -0.25) is 9.59 Å². The molecule has 0 aromatic rings. The summed E-state index contributed by atoms with van der Waals surface area (Å²) in [7, 11) is 0. The van der Waals surface area contributed by atoms with Crippen LogP contribution in [0, 0.1) is 5.41 Å². The SMILES string of the molecule is CC(NC(C)(C)C)=C1C(=O)CC(C)(C)CC1=O. The average molecular weight is 237 g/mol. The van der Waals surface area contributed by atoms with Crippen LogP contribution < -0.4 is 5.32 Å². The average Bonchev–Trinajstić information content (AvgIpc) is 1.94. The molecule has 0 aromatic carbocycles. The third-order valence-corrected chi connectivity index (χ3v) is 2.77. The molecule has 0 atom stereocenters. The van der Waals surface area contributed by atoms with Gasteiger partial charge < -0.3 is 5.32 Å². The summed E-state index contributed by atoms with van der Waals surface area (Å²) < 4.78 is 0. The third-order valence-electron chi connectivity index (χ3n) is 2.77. The van der Waals surface area contributed by atoms with E-state index < -0.39 is 0 Å². The van der Waals surface area contributed by atoms with E-state index in [4.69, 9.17) is 0 Å². The standard InChI is InChI=1S/C14H23NO2/c1-9(15-13(2,3)4)12-10(16)7-14(5,6)8-11(12)17/h15H,7-8H2,1-6H3. The number of carbonyl (C=O) groups is 2. The van der Waals surface area contributed by atoms with Gasteiger partial charge >= 0.3 is 0 Å². The van der Waals surface area contributed by atoms with E-state index >= 15 is 0 Å². The number of hydrogen-bond donors (Lipinski definition) is 1. The number of carbonyl (C=O) groups excluding carboxylic acids is 2. The summed E-state index contributed by atoms with van der Waals surface area (Å²) in [6, 6.07) is 0. The molecule has 3 heteroatoms. The van der Waals surface area contributed by atoms with E-state index in [1.54, 1.807) is 0 Å². The van der Waals surface area contributed by atoms with Crippen molar-refractivity contribution in [3.05, 3.63) is 11.3 Å². The van der Waals surface area contributed by atoms with E-state index in [-0.39, 0.29) is 22.5 Å². The Labute approximate surface area is 104 Å². The normalized spacial score (nSPS) is 20.5. The van der Waals surface area contributed by atoms with Crippen LogP contribution in [0.2, 0.25) is 0 Å². The minimum absolute atomic E-state index is 0.0273. The molecule has 96 valence electrons. The Morgan fingerprint density at radius 1 is 1.12 bits per heavy atom. The Morgan fingerprint density at radius 2 is 1.53 bits per heavy atom. The van der Waals surface area contributed by atoms with E-state index in [0.717, 1.165) is 0 Å². The molecule has 0 saturated heterocycles. The molecule has 0 aromatic heterocycles. The molecule has 1 saturated carbocycles. The lowest BCUT2D eigenvalue weighted by Gasteiger charge is -2.31. The van der Waals surface area contributed by atoms with Gasteiger partial charge in [0.15, 0.2) is 11.6 Å². The van der Waals surface area contributed by atoms with Crippen molar-refractivity contribution in [2.75, 3.05) is 0 Å². The molecule has 0 amide bonds. The highest BCUT2D eigenvalue weighted by Gasteiger charge is 2.37. The van der Waals surface area contributed by atoms with Crippen LogP contribution in [-0.4, -0.2) is 17.1 Å². The maximum atomic E-state index is 12.0. The molecule has 0 bridgehead atoms. The zero-order valence-electron chi connectivity index (χ0n) is 11.7. The smallest absolute Gasteiger partial charge is 0.168 e. The number of nitrogens with one attached hydrogen (secondary N) is 1. The first-order chi connectivity index (χ1) is 7.52. The molecule has 1 aliphatic rings. The molecule has 3 nitrogen and oxygen atoms in total. The van der Waals surface area contributed by atoms with Gasteiger partial charge in [-0.15, -0.1) is 0 Å². The topological polar surface area (TPSA) is 46.2 Å². The Balaban J connectivity index is 3.02. The Hall–Kier alpha value is -1.12. The highest BCUT2D eigenvalue weighted by molar-refractivity contribution is 6.22. The lowest BCUT2D eigenvalue weighted by molar-refractivity contribution is -0.127. The van der Waals surface area contributed by atoms with Gasteiger partial charge in [-0.1, -0.05) is 13.8 Å². The van der Waals surface area contributed by atoms with Crippen LogP contribution in [0.15, 0.2) is 11.3 Å². The fourth-order valence-electron chi connectivity index (χ4n) is 2.31. The van der Waals surface area contributed by atoms with Crippen molar-refractivity contribution in [1.29, 1.82) is 0 Å². The van der Waals surface area contributed by atoms with E-state index in [9.17, 15) is 9.59 Å². The van der Waals surface area contributed by atoms with Crippen LogP contribution in [0.1, 0.15) is 54.4 Å². The Morgan fingerprint density at radius 3 is 1.88 bits per heavy atom. The van der Waals surface area contributed by atoms with E-state index in [0.29, 0.717) is 24.1 Å². The molecule has 1 rings (SSSR count). The lowest BCUT2D eigenvalue weighted by Crippen LogP contribution is -2.39. The highest BCUT2D eigenvalue weighted by Crippen LogP contribution is 2.34. The molecule has 0 heterocycles. The van der Waals surface area contributed by atoms with E-state index in [2.05, 4.69) is 5.32 Å². The monoisotopic (exact) mass is 237 g/mol. The van der Waals surface area contributed by atoms with Crippen molar-refractivity contribution in [3.8, 4) is 0 Å². The molecule has 0 radical (unpaired) electrons. The molecule has 17 heavy (non-hydrogen) atoms. The predicted octanol–water partition coefficient (Wildman–Crippen LogP) is 2.61. The Bertz CT molecular complexity index is 362. The zero-order chi connectivity index (χ0) is 13.4. The highest BCUT2D eigenvalue weighted by atomic mass is 16.2. The number of rotatable bonds is 1. The van der Waals surface area contributed by atoms with Crippen molar-refractivity contribution >= 4 is 11.6 Å². The number of hydrogen-bond acceptors (Lipinski definition) is 3. The van der Waals surface area contributed by atoms with Gasteiger partial charge in [0.1, 0.15) is 0 Å². The second kappa shape index (κ2) is 4.28. The van der Waals surface area contributed by atoms with E-state index in [1.165, 1.54) is 0 Å². The number of Topliss-reactive ketones (excluding diaryl/α,β-unsaturated/α-hetero) is 2. The molecule has 0 spiro atoms. The summed E-state index contributed by atoms with van der Waals surface area (Å²) in [5.41, 5.74) is 0.756. The summed E-state index contributed by atoms with van der Waals surface area (Å²) in [6.45, 7) is 11.8. The van der Waals surface area contributed by atoms with Gasteiger partial charge in [-0.25, -0.2) is 0 Å². The van der Waals surface area contributed by atoms with Crippen LogP contribution >= 0.6 is 0 Å². The van der Waals surface area contributed by atoms with Crippen molar-refractivity contribution < 1.29 is 9.59 Å². The Kier molecular flexibility index (Phi) is 3.51.